The summed E-state index contributed by atoms with van der Waals surface area (Å²) >= 11 is 0. The molecular weight excluding hydrogens is 264 g/mol. The third-order valence-electron chi connectivity index (χ3n) is 3.85. The Hall–Kier alpha value is -2.39. The van der Waals surface area contributed by atoms with E-state index in [1.807, 2.05) is 30.3 Å². The molecule has 106 valence electrons. The topological polar surface area (TPSA) is 57.5 Å². The van der Waals surface area contributed by atoms with Crippen molar-refractivity contribution >= 4 is 11.5 Å². The molecule has 0 saturated carbocycles. The summed E-state index contributed by atoms with van der Waals surface area (Å²) in [4.78, 5) is 11.5. The Kier molecular flexibility index (Phi) is 3.59. The zero-order chi connectivity index (χ0) is 14.8. The molecule has 3 heteroatoms. The predicted octanol–water partition coefficient (Wildman–Crippen LogP) is 3.11. The van der Waals surface area contributed by atoms with Crippen LogP contribution in [0.15, 0.2) is 48.5 Å². The number of hydrogen-bond acceptors (Lipinski definition) is 2. The third kappa shape index (κ3) is 2.36. The van der Waals surface area contributed by atoms with Crippen molar-refractivity contribution in [1.29, 1.82) is 0 Å². The standard InChI is InChI=1S/C18H16O3/c19-10-4-9-16(18(20)21)15-8-3-7-14-13-6-2-1-5-12(13)11-17(14)15/h1-3,5-9,19H,4,10-11H2,(H,20,21). The van der Waals surface area contributed by atoms with Gasteiger partial charge >= 0.3 is 5.97 Å². The van der Waals surface area contributed by atoms with Crippen LogP contribution in [0.3, 0.4) is 0 Å². The van der Waals surface area contributed by atoms with E-state index in [0.29, 0.717) is 6.42 Å². The van der Waals surface area contributed by atoms with Gasteiger partial charge < -0.3 is 10.2 Å². The first-order chi connectivity index (χ1) is 10.2. The van der Waals surface area contributed by atoms with Crippen LogP contribution < -0.4 is 0 Å². The van der Waals surface area contributed by atoms with E-state index in [9.17, 15) is 9.90 Å². The molecule has 1 aliphatic rings. The lowest BCUT2D eigenvalue weighted by molar-refractivity contribution is -0.130. The molecule has 0 spiro atoms. The van der Waals surface area contributed by atoms with Crippen LogP contribution in [0.25, 0.3) is 16.7 Å². The van der Waals surface area contributed by atoms with Crippen LogP contribution in [0.2, 0.25) is 0 Å². The van der Waals surface area contributed by atoms with Crippen LogP contribution in [0.1, 0.15) is 23.1 Å². The number of carbonyl (C=O) groups is 1. The molecule has 0 aromatic heterocycles. The van der Waals surface area contributed by atoms with E-state index in [2.05, 4.69) is 12.1 Å². The average molecular weight is 280 g/mol. The molecule has 0 amide bonds. The summed E-state index contributed by atoms with van der Waals surface area (Å²) in [5.41, 5.74) is 5.61. The van der Waals surface area contributed by atoms with E-state index >= 15 is 0 Å². The Morgan fingerprint density at radius 2 is 1.86 bits per heavy atom. The van der Waals surface area contributed by atoms with E-state index in [0.717, 1.165) is 23.1 Å². The number of aliphatic carboxylic acids is 1. The van der Waals surface area contributed by atoms with Crippen LogP contribution in [0, 0.1) is 0 Å². The van der Waals surface area contributed by atoms with Crippen molar-refractivity contribution in [2.45, 2.75) is 12.8 Å². The van der Waals surface area contributed by atoms with Gasteiger partial charge in [0.05, 0.1) is 5.57 Å². The number of fused-ring (bicyclic) bond motifs is 3. The smallest absolute Gasteiger partial charge is 0.335 e. The molecule has 0 bridgehead atoms. The van der Waals surface area contributed by atoms with Crippen LogP contribution in [0.4, 0.5) is 0 Å². The first kappa shape index (κ1) is 13.6. The lowest BCUT2D eigenvalue weighted by Crippen LogP contribution is -2.03. The van der Waals surface area contributed by atoms with Gasteiger partial charge in [-0.1, -0.05) is 48.5 Å². The highest BCUT2D eigenvalue weighted by molar-refractivity contribution is 6.16. The first-order valence-electron chi connectivity index (χ1n) is 6.97. The van der Waals surface area contributed by atoms with Crippen molar-refractivity contribution in [3.63, 3.8) is 0 Å². The molecule has 0 atom stereocenters. The highest BCUT2D eigenvalue weighted by Crippen LogP contribution is 2.40. The van der Waals surface area contributed by atoms with Gasteiger partial charge in [0.1, 0.15) is 0 Å². The fourth-order valence-electron chi connectivity index (χ4n) is 2.93. The second kappa shape index (κ2) is 5.54. The molecule has 0 aliphatic heterocycles. The Labute approximate surface area is 123 Å². The summed E-state index contributed by atoms with van der Waals surface area (Å²) in [6.45, 7) is -0.0496. The summed E-state index contributed by atoms with van der Waals surface area (Å²) in [6.07, 6.45) is 2.70. The van der Waals surface area contributed by atoms with Gasteiger partial charge in [-0.15, -0.1) is 0 Å². The van der Waals surface area contributed by atoms with E-state index in [1.165, 1.54) is 11.1 Å². The molecule has 3 nitrogen and oxygen atoms in total. The number of hydrogen-bond donors (Lipinski definition) is 2. The molecule has 0 fully saturated rings. The number of aliphatic hydroxyl groups excluding tert-OH is 1. The number of carboxylic acids is 1. The minimum absolute atomic E-state index is 0.0496. The number of aliphatic hydroxyl groups is 1. The normalized spacial score (nSPS) is 12.9. The van der Waals surface area contributed by atoms with Crippen molar-refractivity contribution in [2.24, 2.45) is 0 Å². The Balaban J connectivity index is 2.13. The lowest BCUT2D eigenvalue weighted by atomic mass is 9.95. The zero-order valence-electron chi connectivity index (χ0n) is 11.5. The van der Waals surface area contributed by atoms with Gasteiger partial charge in [0.2, 0.25) is 0 Å². The maximum absolute atomic E-state index is 11.5. The molecule has 0 unspecified atom stereocenters. The Morgan fingerprint density at radius 3 is 2.62 bits per heavy atom. The molecule has 1 aliphatic carbocycles. The summed E-state index contributed by atoms with van der Waals surface area (Å²) in [6, 6.07) is 13.9. The molecule has 0 heterocycles. The fourth-order valence-corrected chi connectivity index (χ4v) is 2.93. The molecular formula is C18H16O3. The van der Waals surface area contributed by atoms with Crippen molar-refractivity contribution < 1.29 is 15.0 Å². The predicted molar refractivity (Wildman–Crippen MR) is 82.0 cm³/mol. The van der Waals surface area contributed by atoms with Gasteiger partial charge in [-0.05, 0) is 40.7 Å². The summed E-state index contributed by atoms with van der Waals surface area (Å²) < 4.78 is 0. The van der Waals surface area contributed by atoms with E-state index in [-0.39, 0.29) is 12.2 Å². The summed E-state index contributed by atoms with van der Waals surface area (Å²) in [5.74, 6) is -0.951. The van der Waals surface area contributed by atoms with Gasteiger partial charge in [0.25, 0.3) is 0 Å². The average Bonchev–Trinajstić information content (AvgIpc) is 2.87. The summed E-state index contributed by atoms with van der Waals surface area (Å²) in [5, 5.41) is 18.4. The Morgan fingerprint density at radius 1 is 1.10 bits per heavy atom. The number of benzene rings is 2. The second-order valence-corrected chi connectivity index (χ2v) is 5.10. The van der Waals surface area contributed by atoms with Crippen molar-refractivity contribution in [3.8, 4) is 11.1 Å². The van der Waals surface area contributed by atoms with Crippen LogP contribution in [-0.2, 0) is 11.2 Å². The molecule has 2 aromatic rings. The van der Waals surface area contributed by atoms with Crippen LogP contribution >= 0.6 is 0 Å². The lowest BCUT2D eigenvalue weighted by Gasteiger charge is -2.09. The monoisotopic (exact) mass is 280 g/mol. The minimum Gasteiger partial charge on any atom is -0.478 e. The van der Waals surface area contributed by atoms with Crippen LogP contribution in [-0.4, -0.2) is 22.8 Å². The van der Waals surface area contributed by atoms with E-state index in [1.54, 1.807) is 6.08 Å². The largest absolute Gasteiger partial charge is 0.478 e. The second-order valence-electron chi connectivity index (χ2n) is 5.10. The molecule has 2 N–H and O–H groups in total. The van der Waals surface area contributed by atoms with Crippen molar-refractivity contribution in [1.82, 2.24) is 0 Å². The van der Waals surface area contributed by atoms with Crippen molar-refractivity contribution in [3.05, 3.63) is 65.2 Å². The summed E-state index contributed by atoms with van der Waals surface area (Å²) in [7, 11) is 0. The van der Waals surface area contributed by atoms with Crippen LogP contribution in [0.5, 0.6) is 0 Å². The highest BCUT2D eigenvalue weighted by atomic mass is 16.4. The maximum Gasteiger partial charge on any atom is 0.335 e. The maximum atomic E-state index is 11.5. The molecule has 21 heavy (non-hydrogen) atoms. The highest BCUT2D eigenvalue weighted by Gasteiger charge is 2.23. The van der Waals surface area contributed by atoms with E-state index in [4.69, 9.17) is 5.11 Å². The molecule has 3 rings (SSSR count). The van der Waals surface area contributed by atoms with E-state index < -0.39 is 5.97 Å². The quantitative estimate of drug-likeness (QED) is 0.722. The zero-order valence-corrected chi connectivity index (χ0v) is 11.5. The number of carboxylic acid groups (broad SMARTS) is 1. The SMILES string of the molecule is O=C(O)C(=CCCO)c1cccc2c1Cc1ccccc1-2. The van der Waals surface area contributed by atoms with Gasteiger partial charge in [0.15, 0.2) is 0 Å². The fraction of sp³-hybridized carbons (Fsp3) is 0.167. The minimum atomic E-state index is -0.951. The van der Waals surface area contributed by atoms with Gasteiger partial charge in [-0.25, -0.2) is 4.79 Å². The molecule has 0 saturated heterocycles. The van der Waals surface area contributed by atoms with Crippen molar-refractivity contribution in [2.75, 3.05) is 6.61 Å². The van der Waals surface area contributed by atoms with Gasteiger partial charge in [-0.2, -0.15) is 0 Å². The van der Waals surface area contributed by atoms with Gasteiger partial charge in [0, 0.05) is 6.61 Å². The van der Waals surface area contributed by atoms with Gasteiger partial charge in [-0.3, -0.25) is 0 Å². The molecule has 0 radical (unpaired) electrons. The third-order valence-corrected chi connectivity index (χ3v) is 3.85. The Bertz CT molecular complexity index is 729. The molecule has 2 aromatic carbocycles. The first-order valence-corrected chi connectivity index (χ1v) is 6.97. The number of rotatable bonds is 4.